The molecule has 2 amide bonds. The topological polar surface area (TPSA) is 45.7 Å². The average molecular weight is 554 g/mol. The van der Waals surface area contributed by atoms with E-state index < -0.39 is 11.7 Å². The van der Waals surface area contributed by atoms with E-state index in [2.05, 4.69) is 44.0 Å². The van der Waals surface area contributed by atoms with Crippen LogP contribution < -0.4 is 0 Å². The molecule has 214 valence electrons. The van der Waals surface area contributed by atoms with Gasteiger partial charge in [-0.1, -0.05) is 54.5 Å². The Morgan fingerprint density at radius 2 is 1.82 bits per heavy atom. The summed E-state index contributed by atoms with van der Waals surface area (Å²) >= 11 is 0. The predicted octanol–water partition coefficient (Wildman–Crippen LogP) is 7.47. The Balaban J connectivity index is 1.50. The predicted molar refractivity (Wildman–Crippen MR) is 152 cm³/mol. The molecule has 0 bridgehead atoms. The molecule has 5 nitrogen and oxygen atoms in total. The maximum absolute atomic E-state index is 13.4. The smallest absolute Gasteiger partial charge is 0.378 e. The van der Waals surface area contributed by atoms with E-state index in [1.807, 2.05) is 21.9 Å². The number of carbonyl (C=O) groups is 1. The van der Waals surface area contributed by atoms with E-state index in [0.29, 0.717) is 50.5 Å². The second kappa shape index (κ2) is 13.3. The van der Waals surface area contributed by atoms with E-state index in [1.165, 1.54) is 17.2 Å². The highest BCUT2D eigenvalue weighted by atomic mass is 19.4. The summed E-state index contributed by atoms with van der Waals surface area (Å²) in [5.74, 6) is 0.388. The number of aromatic nitrogens is 1. The first-order valence-corrected chi connectivity index (χ1v) is 13.9. The summed E-state index contributed by atoms with van der Waals surface area (Å²) in [5, 5.41) is 0. The third-order valence-electron chi connectivity index (χ3n) is 7.72. The van der Waals surface area contributed by atoms with Crippen molar-refractivity contribution in [2.24, 2.45) is 11.8 Å². The van der Waals surface area contributed by atoms with Gasteiger partial charge in [0.2, 0.25) is 0 Å². The molecular weight excluding hydrogens is 515 g/mol. The zero-order chi connectivity index (χ0) is 28.7. The number of likely N-dealkylation sites (tertiary alicyclic amines) is 1. The maximum Gasteiger partial charge on any atom is 0.416 e. The van der Waals surface area contributed by atoms with Gasteiger partial charge in [0.1, 0.15) is 0 Å². The SMILES string of the molecule is CCC(C)=CC=C(C)C1CC(C=Cc2ccc(-c3cccc(C(F)(F)F)c3)cn2)CN(C(=O)N2CCOCC2)C1. The number of pyridine rings is 1. The largest absolute Gasteiger partial charge is 0.416 e. The number of nitrogens with zero attached hydrogens (tertiary/aromatic N) is 3. The van der Waals surface area contributed by atoms with E-state index in [4.69, 9.17) is 4.74 Å². The van der Waals surface area contributed by atoms with Crippen molar-refractivity contribution in [2.45, 2.75) is 39.8 Å². The molecule has 1 aromatic carbocycles. The minimum absolute atomic E-state index is 0.0584. The van der Waals surface area contributed by atoms with E-state index in [0.717, 1.165) is 30.7 Å². The number of morpholine rings is 1. The van der Waals surface area contributed by atoms with Crippen LogP contribution in [0.2, 0.25) is 0 Å². The van der Waals surface area contributed by atoms with Gasteiger partial charge in [-0.25, -0.2) is 4.79 Å². The van der Waals surface area contributed by atoms with Crippen LogP contribution in [0.1, 0.15) is 44.9 Å². The fraction of sp³-hybridized carbons (Fsp3) is 0.438. The Bertz CT molecular complexity index is 1240. The molecule has 0 aliphatic carbocycles. The lowest BCUT2D eigenvalue weighted by molar-refractivity contribution is -0.137. The lowest BCUT2D eigenvalue weighted by Crippen LogP contribution is -2.52. The van der Waals surface area contributed by atoms with Gasteiger partial charge in [0.05, 0.1) is 24.5 Å². The van der Waals surface area contributed by atoms with Gasteiger partial charge in [-0.2, -0.15) is 13.2 Å². The van der Waals surface area contributed by atoms with Gasteiger partial charge in [0.15, 0.2) is 0 Å². The van der Waals surface area contributed by atoms with Crippen LogP contribution in [0.5, 0.6) is 0 Å². The van der Waals surface area contributed by atoms with Gasteiger partial charge in [0, 0.05) is 37.9 Å². The molecule has 3 heterocycles. The van der Waals surface area contributed by atoms with Crippen molar-refractivity contribution >= 4 is 12.1 Å². The molecule has 2 saturated heterocycles. The van der Waals surface area contributed by atoms with Gasteiger partial charge in [0.25, 0.3) is 0 Å². The second-order valence-corrected chi connectivity index (χ2v) is 10.7. The summed E-state index contributed by atoms with van der Waals surface area (Å²) in [5.41, 5.74) is 3.71. The number of piperidine rings is 1. The summed E-state index contributed by atoms with van der Waals surface area (Å²) in [6.45, 7) is 10.1. The number of allylic oxidation sites excluding steroid dienone is 3. The lowest BCUT2D eigenvalue weighted by atomic mass is 9.84. The number of ether oxygens (including phenoxy) is 1. The molecule has 2 atom stereocenters. The summed E-state index contributed by atoms with van der Waals surface area (Å²) < 4.78 is 44.8. The fourth-order valence-electron chi connectivity index (χ4n) is 5.03. The molecule has 0 N–H and O–H groups in total. The highest BCUT2D eigenvalue weighted by Gasteiger charge is 2.33. The van der Waals surface area contributed by atoms with Gasteiger partial charge in [-0.15, -0.1) is 0 Å². The number of amides is 2. The van der Waals surface area contributed by atoms with Crippen molar-refractivity contribution in [2.75, 3.05) is 39.4 Å². The first-order valence-electron chi connectivity index (χ1n) is 13.9. The summed E-state index contributed by atoms with van der Waals surface area (Å²) in [6.07, 6.45) is 7.54. The number of hydrogen-bond acceptors (Lipinski definition) is 3. The average Bonchev–Trinajstić information content (AvgIpc) is 2.98. The van der Waals surface area contributed by atoms with Crippen LogP contribution in [0.15, 0.2) is 72.0 Å². The molecule has 40 heavy (non-hydrogen) atoms. The van der Waals surface area contributed by atoms with Gasteiger partial charge in [-0.05, 0) is 68.4 Å². The Morgan fingerprint density at radius 3 is 2.50 bits per heavy atom. The molecule has 2 aliphatic rings. The fourth-order valence-corrected chi connectivity index (χ4v) is 5.03. The summed E-state index contributed by atoms with van der Waals surface area (Å²) in [6, 6.07) is 8.92. The minimum atomic E-state index is -4.39. The molecule has 2 aliphatic heterocycles. The van der Waals surface area contributed by atoms with E-state index in [9.17, 15) is 18.0 Å². The Kier molecular flexibility index (Phi) is 9.85. The van der Waals surface area contributed by atoms with Crippen LogP contribution >= 0.6 is 0 Å². The highest BCUT2D eigenvalue weighted by molar-refractivity contribution is 5.75. The Labute approximate surface area is 235 Å². The lowest BCUT2D eigenvalue weighted by Gasteiger charge is -2.40. The monoisotopic (exact) mass is 553 g/mol. The summed E-state index contributed by atoms with van der Waals surface area (Å²) in [4.78, 5) is 21.7. The van der Waals surface area contributed by atoms with Gasteiger partial charge >= 0.3 is 12.2 Å². The van der Waals surface area contributed by atoms with E-state index in [1.54, 1.807) is 18.3 Å². The van der Waals surface area contributed by atoms with E-state index >= 15 is 0 Å². The van der Waals surface area contributed by atoms with E-state index in [-0.39, 0.29) is 17.9 Å². The molecule has 4 rings (SSSR count). The molecule has 0 radical (unpaired) electrons. The molecule has 2 unspecified atom stereocenters. The highest BCUT2D eigenvalue weighted by Crippen LogP contribution is 2.33. The minimum Gasteiger partial charge on any atom is -0.378 e. The van der Waals surface area contributed by atoms with Crippen molar-refractivity contribution in [3.8, 4) is 11.1 Å². The Morgan fingerprint density at radius 1 is 1.05 bits per heavy atom. The zero-order valence-electron chi connectivity index (χ0n) is 23.5. The van der Waals surface area contributed by atoms with Crippen LogP contribution in [-0.4, -0.2) is 60.2 Å². The molecule has 0 spiro atoms. The number of halogens is 3. The zero-order valence-corrected chi connectivity index (χ0v) is 23.5. The first-order chi connectivity index (χ1) is 19.1. The number of rotatable bonds is 6. The van der Waals surface area contributed by atoms with Crippen LogP contribution in [-0.2, 0) is 10.9 Å². The number of urea groups is 1. The third kappa shape index (κ3) is 7.84. The van der Waals surface area contributed by atoms with Crippen LogP contribution in [0.3, 0.4) is 0 Å². The first kappa shape index (κ1) is 29.6. The van der Waals surface area contributed by atoms with Gasteiger partial charge in [-0.3, -0.25) is 4.98 Å². The second-order valence-electron chi connectivity index (χ2n) is 10.7. The normalized spacial score (nSPS) is 21.2. The number of benzene rings is 1. The third-order valence-corrected chi connectivity index (χ3v) is 7.72. The van der Waals surface area contributed by atoms with Crippen molar-refractivity contribution in [1.29, 1.82) is 0 Å². The van der Waals surface area contributed by atoms with Crippen LogP contribution in [0.4, 0.5) is 18.0 Å². The van der Waals surface area contributed by atoms with Crippen LogP contribution in [0.25, 0.3) is 17.2 Å². The maximum atomic E-state index is 13.4. The Hall–Kier alpha value is -3.39. The molecule has 8 heteroatoms. The number of hydrogen-bond donors (Lipinski definition) is 0. The molecule has 2 fully saturated rings. The molecule has 2 aromatic rings. The van der Waals surface area contributed by atoms with Crippen LogP contribution in [0, 0.1) is 11.8 Å². The molecule has 0 saturated carbocycles. The summed E-state index contributed by atoms with van der Waals surface area (Å²) in [7, 11) is 0. The van der Waals surface area contributed by atoms with Crippen molar-refractivity contribution < 1.29 is 22.7 Å². The number of carbonyl (C=O) groups excluding carboxylic acids is 1. The van der Waals surface area contributed by atoms with Gasteiger partial charge < -0.3 is 14.5 Å². The van der Waals surface area contributed by atoms with Crippen molar-refractivity contribution in [3.63, 3.8) is 0 Å². The standard InChI is InChI=1S/C32H38F3N3O2/c1-4-23(2)8-9-24(3)28-18-25(21-38(22-28)31(39)37-14-16-40-17-15-37)10-12-30-13-11-27(20-36-30)26-6-5-7-29(19-26)32(33,34)35/h5-13,19-20,25,28H,4,14-18,21-22H2,1-3H3. The molecular formula is C32H38F3N3O2. The van der Waals surface area contributed by atoms with Crippen molar-refractivity contribution in [1.82, 2.24) is 14.8 Å². The quantitative estimate of drug-likeness (QED) is 0.349. The molecule has 1 aromatic heterocycles. The number of alkyl halides is 3. The van der Waals surface area contributed by atoms with Crippen molar-refractivity contribution in [3.05, 3.63) is 83.2 Å².